The topological polar surface area (TPSA) is 71.8 Å². The van der Waals surface area contributed by atoms with E-state index in [0.29, 0.717) is 24.7 Å². The van der Waals surface area contributed by atoms with Crippen LogP contribution in [0.25, 0.3) is 0 Å². The van der Waals surface area contributed by atoms with E-state index < -0.39 is 0 Å². The van der Waals surface area contributed by atoms with E-state index in [1.54, 1.807) is 30.5 Å². The number of hydrogen-bond acceptors (Lipinski definition) is 5. The molecule has 40 heavy (non-hydrogen) atoms. The van der Waals surface area contributed by atoms with Gasteiger partial charge in [0.15, 0.2) is 0 Å². The van der Waals surface area contributed by atoms with E-state index in [9.17, 15) is 10.2 Å². The molecule has 5 nitrogen and oxygen atoms in total. The summed E-state index contributed by atoms with van der Waals surface area (Å²) < 4.78 is 13.0. The molecule has 0 spiro atoms. The average molecular weight is 626 g/mol. The summed E-state index contributed by atoms with van der Waals surface area (Å²) in [7, 11) is 0. The standard InChI is InChI=1S/2C13H20O2.C6H5N.2ClH.Ti/c2*1-5-8-15-10-6-7-12(14)11(9-10)13(2,3)4;1-6-4-2-3-5-7-6;;;/h2*6-7,9,14H,5,8H2,1-4H3;1-5H;2*1H;/p-2. The molecule has 0 aliphatic rings. The molecule has 0 radical (unpaired) electrons. The van der Waals surface area contributed by atoms with Crippen LogP contribution in [-0.2, 0) is 30.8 Å². The molecule has 222 valence electrons. The molecule has 0 aliphatic carbocycles. The Bertz CT molecular complexity index is 1050. The monoisotopic (exact) mass is 625 g/mol. The third-order valence-electron chi connectivity index (χ3n) is 5.33. The van der Waals surface area contributed by atoms with Crippen LogP contribution in [0.3, 0.4) is 0 Å². The van der Waals surface area contributed by atoms with Crippen LogP contribution in [0.2, 0.25) is 0 Å². The third-order valence-corrected chi connectivity index (χ3v) is 5.80. The first kappa shape index (κ1) is 40.1. The minimum absolute atomic E-state index is 0. The Hall–Kier alpha value is -2.05. The van der Waals surface area contributed by atoms with Gasteiger partial charge in [-0.3, -0.25) is 0 Å². The zero-order chi connectivity index (χ0) is 28.8. The van der Waals surface area contributed by atoms with E-state index in [-0.39, 0.29) is 35.6 Å². The summed E-state index contributed by atoms with van der Waals surface area (Å²) in [6, 6.07) is 16.7. The summed E-state index contributed by atoms with van der Waals surface area (Å²) in [6.45, 7) is 18.0. The first-order chi connectivity index (χ1) is 17.8. The van der Waals surface area contributed by atoms with E-state index in [2.05, 4.69) is 60.4 Å². The molecular formula is C32H45Cl2NO4Ti-2. The number of nitrogens with zero attached hydrogens (tertiary/aromatic N) is 1. The van der Waals surface area contributed by atoms with E-state index >= 15 is 0 Å². The molecule has 0 saturated carbocycles. The van der Waals surface area contributed by atoms with Crippen LogP contribution >= 0.6 is 0 Å². The van der Waals surface area contributed by atoms with Crippen molar-refractivity contribution in [2.45, 2.75) is 79.1 Å². The Balaban J connectivity index is 0. The van der Waals surface area contributed by atoms with Gasteiger partial charge >= 0.3 is 59.4 Å². The van der Waals surface area contributed by atoms with Crippen LogP contribution in [-0.4, -0.2) is 32.7 Å². The summed E-state index contributed by atoms with van der Waals surface area (Å²) in [4.78, 5) is 4.04. The van der Waals surface area contributed by atoms with Crippen molar-refractivity contribution in [3.8, 4) is 23.0 Å². The predicted molar refractivity (Wildman–Crippen MR) is 155 cm³/mol. The number of rotatable bonds is 7. The molecule has 2 N–H and O–H groups in total. The summed E-state index contributed by atoms with van der Waals surface area (Å²) in [5.74, 6) is 2.34. The summed E-state index contributed by atoms with van der Waals surface area (Å²) in [6.07, 6.45) is 3.77. The fourth-order valence-corrected chi connectivity index (χ4v) is 3.58. The second-order valence-electron chi connectivity index (χ2n) is 11.0. The number of pyridine rings is 1. The number of phenols is 2. The van der Waals surface area contributed by atoms with Gasteiger partial charge in [-0.2, -0.15) is 0 Å². The summed E-state index contributed by atoms with van der Waals surface area (Å²) >= 11 is 1.97. The number of phenolic OH excluding ortho intramolecular Hbond substituents is 2. The molecule has 2 aromatic carbocycles. The fraction of sp³-hybridized carbons (Fsp3) is 0.438. The van der Waals surface area contributed by atoms with Gasteiger partial charge in [-0.25, -0.2) is 0 Å². The molecule has 0 fully saturated rings. The Morgan fingerprint density at radius 3 is 1.43 bits per heavy atom. The average Bonchev–Trinajstić information content (AvgIpc) is 2.87. The van der Waals surface area contributed by atoms with Crippen LogP contribution in [0.1, 0.15) is 85.1 Å². The first-order valence-corrected chi connectivity index (χ1v) is 14.1. The zero-order valence-electron chi connectivity index (χ0n) is 25.1. The Labute approximate surface area is 265 Å². The number of halogens is 2. The third kappa shape index (κ3) is 15.1. The number of hydrogen-bond donors (Lipinski definition) is 2. The minimum atomic E-state index is -0.0599. The number of aromatic hydroxyl groups is 2. The molecule has 0 bridgehead atoms. The van der Waals surface area contributed by atoms with Crippen molar-refractivity contribution in [1.29, 1.82) is 0 Å². The molecule has 0 saturated heterocycles. The molecule has 3 rings (SSSR count). The van der Waals surface area contributed by atoms with Crippen molar-refractivity contribution < 1.29 is 64.5 Å². The molecule has 0 atom stereocenters. The maximum atomic E-state index is 9.74. The second-order valence-corrected chi connectivity index (χ2v) is 11.4. The van der Waals surface area contributed by atoms with Gasteiger partial charge in [-0.1, -0.05) is 55.4 Å². The van der Waals surface area contributed by atoms with Crippen LogP contribution in [0.15, 0.2) is 60.8 Å². The Morgan fingerprint density at radius 1 is 0.725 bits per heavy atom. The predicted octanol–water partition coefficient (Wildman–Crippen LogP) is 1.74. The van der Waals surface area contributed by atoms with E-state index in [1.165, 1.54) is 0 Å². The second kappa shape index (κ2) is 19.9. The Kier molecular flexibility index (Phi) is 20.0. The van der Waals surface area contributed by atoms with E-state index in [4.69, 9.17) is 9.47 Å². The molecule has 0 aliphatic heterocycles. The number of ether oxygens (including phenoxy) is 2. The molecular weight excluding hydrogens is 581 g/mol. The quantitative estimate of drug-likeness (QED) is 0.392. The Morgan fingerprint density at radius 2 is 1.15 bits per heavy atom. The van der Waals surface area contributed by atoms with Crippen LogP contribution in [0.5, 0.6) is 23.0 Å². The van der Waals surface area contributed by atoms with Crippen LogP contribution in [0, 0.1) is 0 Å². The normalized spacial score (nSPS) is 10.3. The van der Waals surface area contributed by atoms with Crippen molar-refractivity contribution in [3.05, 3.63) is 77.6 Å². The van der Waals surface area contributed by atoms with Gasteiger partial charge < -0.3 is 44.5 Å². The molecule has 0 amide bonds. The van der Waals surface area contributed by atoms with Gasteiger partial charge in [-0.05, 0) is 60.1 Å². The van der Waals surface area contributed by atoms with Gasteiger partial charge in [0, 0.05) is 11.1 Å². The van der Waals surface area contributed by atoms with Crippen molar-refractivity contribution in [1.82, 2.24) is 4.98 Å². The van der Waals surface area contributed by atoms with Crippen molar-refractivity contribution in [2.24, 2.45) is 0 Å². The van der Waals surface area contributed by atoms with E-state index in [1.807, 2.05) is 54.6 Å². The maximum absolute atomic E-state index is 9.74. The SMILES string of the molecule is CCCOc1ccc(O)c(C(C)(C)C)c1.CCCOc1ccc(O)c(C(C)(C)C)c1.[Cl-].[Cl-].[Ti]=[CH]c1ccccn1. The molecule has 0 unspecified atom stereocenters. The van der Waals surface area contributed by atoms with Crippen molar-refractivity contribution in [2.75, 3.05) is 13.2 Å². The molecule has 3 aromatic rings. The van der Waals surface area contributed by atoms with Crippen molar-refractivity contribution in [3.63, 3.8) is 0 Å². The molecule has 8 heteroatoms. The number of benzene rings is 2. The van der Waals surface area contributed by atoms with Crippen LogP contribution < -0.4 is 34.3 Å². The summed E-state index contributed by atoms with van der Waals surface area (Å²) in [5.41, 5.74) is 2.77. The number of aromatic nitrogens is 1. The first-order valence-electron chi connectivity index (χ1n) is 13.2. The van der Waals surface area contributed by atoms with Gasteiger partial charge in [0.2, 0.25) is 0 Å². The van der Waals surface area contributed by atoms with Crippen LogP contribution in [0.4, 0.5) is 0 Å². The van der Waals surface area contributed by atoms with Gasteiger partial charge in [0.1, 0.15) is 23.0 Å². The van der Waals surface area contributed by atoms with E-state index in [0.717, 1.165) is 41.2 Å². The van der Waals surface area contributed by atoms with Gasteiger partial charge in [-0.15, -0.1) is 0 Å². The molecule has 1 aromatic heterocycles. The van der Waals surface area contributed by atoms with Gasteiger partial charge in [0.05, 0.1) is 13.2 Å². The van der Waals surface area contributed by atoms with Crippen molar-refractivity contribution >= 4 is 4.31 Å². The fourth-order valence-electron chi connectivity index (χ4n) is 3.31. The zero-order valence-corrected chi connectivity index (χ0v) is 28.2. The van der Waals surface area contributed by atoms with Gasteiger partial charge in [0.25, 0.3) is 0 Å². The summed E-state index contributed by atoms with van der Waals surface area (Å²) in [5, 5.41) is 19.5. The molecule has 1 heterocycles.